The molecule has 0 radical (unpaired) electrons. The van der Waals surface area contributed by atoms with Gasteiger partial charge in [0.05, 0.1) is 18.8 Å². The maximum Gasteiger partial charge on any atom is 0.249 e. The van der Waals surface area contributed by atoms with E-state index in [4.69, 9.17) is 0 Å². The van der Waals surface area contributed by atoms with Gasteiger partial charge >= 0.3 is 0 Å². The van der Waals surface area contributed by atoms with E-state index in [-0.39, 0.29) is 0 Å². The summed E-state index contributed by atoms with van der Waals surface area (Å²) in [5, 5.41) is 44.3. The van der Waals surface area contributed by atoms with Gasteiger partial charge in [0.2, 0.25) is 5.91 Å². The van der Waals surface area contributed by atoms with E-state index in [0.29, 0.717) is 12.8 Å². The second-order valence-corrected chi connectivity index (χ2v) is 26.4. The van der Waals surface area contributed by atoms with Crippen LogP contribution in [0.2, 0.25) is 0 Å². The molecule has 0 aromatic carbocycles. The van der Waals surface area contributed by atoms with E-state index in [1.165, 1.54) is 353 Å². The third-order valence-electron chi connectivity index (χ3n) is 18.2. The Hall–Kier alpha value is -1.21. The number of rotatable bonds is 71. The molecule has 0 saturated carbocycles. The molecule has 6 heteroatoms. The van der Waals surface area contributed by atoms with Crippen LogP contribution in [-0.2, 0) is 4.79 Å². The van der Waals surface area contributed by atoms with Gasteiger partial charge in [0.25, 0.3) is 0 Å². The summed E-state index contributed by atoms with van der Waals surface area (Å²) in [7, 11) is 0. The van der Waals surface area contributed by atoms with Gasteiger partial charge in [0, 0.05) is 0 Å². The largest absolute Gasteiger partial charge is 0.394 e. The van der Waals surface area contributed by atoms with Crippen LogP contribution < -0.4 is 5.32 Å². The standard InChI is InChI=1S/C76H149NO5/c1-3-5-7-9-11-13-15-17-19-21-23-25-27-29-31-33-35-36-37-38-39-40-42-44-46-48-50-52-54-56-58-60-62-64-66-68-70-74(80)76(82)77-72(71-78)75(81)73(79)69-67-65-63-61-59-57-55-53-51-49-47-45-43-41-34-32-30-28-26-24-22-20-18-16-14-12-10-8-6-4-2/h31,33,36-37,72-75,78-81H,3-30,32,34-35,38-71H2,1-2H3,(H,77,82)/b33-31-,37-36-. The minimum Gasteiger partial charge on any atom is -0.394 e. The third kappa shape index (κ3) is 63.3. The van der Waals surface area contributed by atoms with Crippen LogP contribution in [0, 0.1) is 0 Å². The van der Waals surface area contributed by atoms with Gasteiger partial charge in [-0.25, -0.2) is 0 Å². The molecule has 0 aliphatic heterocycles. The first-order chi connectivity index (χ1) is 40.5. The zero-order valence-corrected chi connectivity index (χ0v) is 55.8. The minimum atomic E-state index is -1.26. The molecule has 4 unspecified atom stereocenters. The number of carbonyl (C=O) groups is 1. The van der Waals surface area contributed by atoms with Gasteiger partial charge in [0.15, 0.2) is 0 Å². The number of hydrogen-bond donors (Lipinski definition) is 5. The molecule has 488 valence electrons. The summed E-state index contributed by atoms with van der Waals surface area (Å²) < 4.78 is 0. The van der Waals surface area contributed by atoms with Crippen LogP contribution in [0.4, 0.5) is 0 Å². The first kappa shape index (κ1) is 80.8. The molecule has 0 spiro atoms. The lowest BCUT2D eigenvalue weighted by molar-refractivity contribution is -0.132. The van der Waals surface area contributed by atoms with Crippen LogP contribution in [0.3, 0.4) is 0 Å². The van der Waals surface area contributed by atoms with E-state index >= 15 is 0 Å². The Morgan fingerprint density at radius 3 is 0.768 bits per heavy atom. The van der Waals surface area contributed by atoms with Gasteiger partial charge in [0.1, 0.15) is 12.2 Å². The van der Waals surface area contributed by atoms with Crippen molar-refractivity contribution in [3.8, 4) is 0 Å². The van der Waals surface area contributed by atoms with Crippen molar-refractivity contribution in [3.05, 3.63) is 24.3 Å². The molecule has 0 aromatic heterocycles. The smallest absolute Gasteiger partial charge is 0.249 e. The van der Waals surface area contributed by atoms with Gasteiger partial charge in [-0.05, 0) is 44.9 Å². The predicted molar refractivity (Wildman–Crippen MR) is 362 cm³/mol. The quantitative estimate of drug-likeness (QED) is 0.0308. The molecule has 82 heavy (non-hydrogen) atoms. The Morgan fingerprint density at radius 1 is 0.305 bits per heavy atom. The predicted octanol–water partition coefficient (Wildman–Crippen LogP) is 23.7. The zero-order valence-electron chi connectivity index (χ0n) is 55.8. The van der Waals surface area contributed by atoms with Crippen molar-refractivity contribution >= 4 is 5.91 Å². The van der Waals surface area contributed by atoms with Crippen LogP contribution in [-0.4, -0.2) is 57.3 Å². The van der Waals surface area contributed by atoms with Crippen LogP contribution >= 0.6 is 0 Å². The van der Waals surface area contributed by atoms with E-state index in [1.807, 2.05) is 0 Å². The van der Waals surface area contributed by atoms with Gasteiger partial charge < -0.3 is 25.7 Å². The molecule has 0 saturated heterocycles. The number of allylic oxidation sites excluding steroid dienone is 4. The molecule has 4 atom stereocenters. The summed E-state index contributed by atoms with van der Waals surface area (Å²) in [4.78, 5) is 12.7. The normalized spacial score (nSPS) is 13.5. The molecule has 5 N–H and O–H groups in total. The fourth-order valence-corrected chi connectivity index (χ4v) is 12.3. The van der Waals surface area contributed by atoms with E-state index in [0.717, 1.165) is 44.9 Å². The molecule has 0 aromatic rings. The van der Waals surface area contributed by atoms with Gasteiger partial charge in [-0.2, -0.15) is 0 Å². The molecule has 0 aliphatic rings. The fourth-order valence-electron chi connectivity index (χ4n) is 12.3. The van der Waals surface area contributed by atoms with Crippen LogP contribution in [0.5, 0.6) is 0 Å². The zero-order chi connectivity index (χ0) is 59.4. The summed E-state index contributed by atoms with van der Waals surface area (Å²) in [5.41, 5.74) is 0. The Balaban J connectivity index is 3.51. The van der Waals surface area contributed by atoms with Crippen molar-refractivity contribution < 1.29 is 25.2 Å². The molecule has 1 amide bonds. The summed E-state index contributed by atoms with van der Waals surface area (Å²) in [6.45, 7) is 4.12. The number of aliphatic hydroxyl groups is 4. The molecule has 0 rings (SSSR count). The number of unbranched alkanes of at least 4 members (excludes halogenated alkanes) is 58. The van der Waals surface area contributed by atoms with E-state index in [2.05, 4.69) is 43.5 Å². The minimum absolute atomic E-state index is 0.372. The van der Waals surface area contributed by atoms with Crippen molar-refractivity contribution in [2.75, 3.05) is 6.61 Å². The number of nitrogens with one attached hydrogen (secondary N) is 1. The highest BCUT2D eigenvalue weighted by atomic mass is 16.3. The van der Waals surface area contributed by atoms with Crippen LogP contribution in [0.15, 0.2) is 24.3 Å². The average molecular weight is 1160 g/mol. The maximum absolute atomic E-state index is 12.7. The summed E-state index contributed by atoms with van der Waals surface area (Å²) in [6, 6.07) is -0.986. The highest BCUT2D eigenvalue weighted by molar-refractivity contribution is 5.80. The first-order valence-corrected chi connectivity index (χ1v) is 37.7. The topological polar surface area (TPSA) is 110 Å². The van der Waals surface area contributed by atoms with Gasteiger partial charge in [-0.1, -0.05) is 404 Å². The maximum atomic E-state index is 12.7. The third-order valence-corrected chi connectivity index (χ3v) is 18.2. The van der Waals surface area contributed by atoms with E-state index in [9.17, 15) is 25.2 Å². The monoisotopic (exact) mass is 1160 g/mol. The Kier molecular flexibility index (Phi) is 69.5. The van der Waals surface area contributed by atoms with Crippen molar-refractivity contribution in [1.82, 2.24) is 5.32 Å². The average Bonchev–Trinajstić information content (AvgIpc) is 3.49. The van der Waals surface area contributed by atoms with Crippen molar-refractivity contribution in [2.45, 2.75) is 449 Å². The number of hydrogen-bond acceptors (Lipinski definition) is 5. The second kappa shape index (κ2) is 70.6. The van der Waals surface area contributed by atoms with Crippen LogP contribution in [0.1, 0.15) is 425 Å². The number of carbonyl (C=O) groups excluding carboxylic acids is 1. The molecule has 6 nitrogen and oxygen atoms in total. The van der Waals surface area contributed by atoms with Gasteiger partial charge in [-0.15, -0.1) is 0 Å². The lowest BCUT2D eigenvalue weighted by Crippen LogP contribution is -2.53. The SMILES string of the molecule is CCCCCCCCCCCCCCC/C=C\C/C=C\CCCCCCCCCCCCCCCCCCC(O)C(=O)NC(CO)C(O)C(O)CCCCCCCCCCCCCCCCCCCCCCCCCCCCCCCC. The van der Waals surface area contributed by atoms with E-state index in [1.54, 1.807) is 0 Å². The molecular weight excluding hydrogens is 1010 g/mol. The van der Waals surface area contributed by atoms with Crippen molar-refractivity contribution in [2.24, 2.45) is 0 Å². The fraction of sp³-hybridized carbons (Fsp3) is 0.934. The summed E-state index contributed by atoms with van der Waals surface area (Å²) in [6.07, 6.45) is 90.4. The lowest BCUT2D eigenvalue weighted by Gasteiger charge is -2.27. The Bertz CT molecular complexity index is 1260. The van der Waals surface area contributed by atoms with Crippen LogP contribution in [0.25, 0.3) is 0 Å². The summed E-state index contributed by atoms with van der Waals surface area (Å²) in [5.74, 6) is -0.576. The lowest BCUT2D eigenvalue weighted by atomic mass is 9.99. The van der Waals surface area contributed by atoms with Crippen molar-refractivity contribution in [1.29, 1.82) is 0 Å². The van der Waals surface area contributed by atoms with Gasteiger partial charge in [-0.3, -0.25) is 4.79 Å². The first-order valence-electron chi connectivity index (χ1n) is 37.7. The van der Waals surface area contributed by atoms with Crippen molar-refractivity contribution in [3.63, 3.8) is 0 Å². The second-order valence-electron chi connectivity index (χ2n) is 26.4. The molecular formula is C76H149NO5. The molecule has 0 bridgehead atoms. The number of amides is 1. The highest BCUT2D eigenvalue weighted by Gasteiger charge is 2.29. The highest BCUT2D eigenvalue weighted by Crippen LogP contribution is 2.20. The molecule has 0 aliphatic carbocycles. The Labute approximate surface area is 514 Å². The molecule has 0 heterocycles. The Morgan fingerprint density at radius 2 is 0.524 bits per heavy atom. The van der Waals surface area contributed by atoms with E-state index < -0.39 is 36.9 Å². The number of aliphatic hydroxyl groups excluding tert-OH is 4. The molecule has 0 fully saturated rings. The summed E-state index contributed by atoms with van der Waals surface area (Å²) >= 11 is 0.